The van der Waals surface area contributed by atoms with Gasteiger partial charge in [-0.1, -0.05) is 53.7 Å². The van der Waals surface area contributed by atoms with Gasteiger partial charge in [0, 0.05) is 5.57 Å². The van der Waals surface area contributed by atoms with Gasteiger partial charge in [0.05, 0.1) is 6.10 Å². The number of carbonyl (C=O) groups excluding carboxylic acids is 1. The van der Waals surface area contributed by atoms with Gasteiger partial charge >= 0.3 is 5.97 Å². The predicted molar refractivity (Wildman–Crippen MR) is 132 cm³/mol. The van der Waals surface area contributed by atoms with Crippen LogP contribution >= 0.6 is 0 Å². The summed E-state index contributed by atoms with van der Waals surface area (Å²) in [6.45, 7) is 16.2. The second kappa shape index (κ2) is 7.20. The Hall–Kier alpha value is -1.61. The Morgan fingerprint density at radius 3 is 2.48 bits per heavy atom. The van der Waals surface area contributed by atoms with Crippen LogP contribution in [0.3, 0.4) is 0 Å². The summed E-state index contributed by atoms with van der Waals surface area (Å²) in [6, 6.07) is 0. The minimum absolute atomic E-state index is 0.0548. The molecule has 0 aromatic rings. The first-order valence-electron chi connectivity index (χ1n) is 13.1. The number of ether oxygens (including phenoxy) is 1. The quantitative estimate of drug-likeness (QED) is 0.466. The monoisotopic (exact) mass is 450 g/mol. The van der Waals surface area contributed by atoms with Crippen molar-refractivity contribution < 1.29 is 14.6 Å². The molecular formula is C30H42O3. The minimum atomic E-state index is -0.211. The third-order valence-corrected chi connectivity index (χ3v) is 11.2. The smallest absolute Gasteiger partial charge is 0.339 e. The number of aliphatic hydroxyl groups is 1. The van der Waals surface area contributed by atoms with E-state index in [1.165, 1.54) is 12.8 Å². The van der Waals surface area contributed by atoms with Gasteiger partial charge in [-0.2, -0.15) is 0 Å². The van der Waals surface area contributed by atoms with Crippen molar-refractivity contribution in [3.63, 3.8) is 0 Å². The lowest BCUT2D eigenvalue weighted by Gasteiger charge is -2.61. The molecule has 0 bridgehead atoms. The Morgan fingerprint density at radius 1 is 1.09 bits per heavy atom. The standard InChI is InChI=1S/C30H42O3/c1-18(16-20-17-19(2)26(32)33-20)21-10-14-30(7)23-8-9-24-27(3,4)25(31)12-13-28(24,5)22(23)11-15-29(21,30)6/h8,11,16-18,21,24-25,31H,9-10,12-15H2,1-7H3. The van der Waals surface area contributed by atoms with E-state index < -0.39 is 0 Å². The molecule has 0 spiro atoms. The van der Waals surface area contributed by atoms with E-state index in [2.05, 4.69) is 59.8 Å². The second-order valence-electron chi connectivity index (χ2n) is 13.1. The lowest BCUT2D eigenvalue weighted by molar-refractivity contribution is -0.133. The number of rotatable bonds is 2. The lowest BCUT2D eigenvalue weighted by atomic mass is 9.44. The molecule has 3 nitrogen and oxygen atoms in total. The summed E-state index contributed by atoms with van der Waals surface area (Å²) < 4.78 is 5.47. The summed E-state index contributed by atoms with van der Waals surface area (Å²) in [6.07, 6.45) is 15.6. The van der Waals surface area contributed by atoms with Crippen molar-refractivity contribution in [2.75, 3.05) is 0 Å². The molecule has 2 saturated carbocycles. The Labute approximate surface area is 200 Å². The summed E-state index contributed by atoms with van der Waals surface area (Å²) in [5.41, 5.74) is 4.34. The molecule has 0 saturated heterocycles. The molecule has 33 heavy (non-hydrogen) atoms. The fourth-order valence-corrected chi connectivity index (χ4v) is 8.82. The molecule has 3 heteroatoms. The van der Waals surface area contributed by atoms with Crippen molar-refractivity contribution in [3.05, 3.63) is 46.8 Å². The number of esters is 1. The summed E-state index contributed by atoms with van der Waals surface area (Å²) in [4.78, 5) is 11.8. The van der Waals surface area contributed by atoms with Crippen LogP contribution in [0.5, 0.6) is 0 Å². The Kier molecular flexibility index (Phi) is 5.05. The van der Waals surface area contributed by atoms with Crippen LogP contribution in [0, 0.1) is 39.4 Å². The summed E-state index contributed by atoms with van der Waals surface area (Å²) in [5.74, 6) is 1.91. The lowest BCUT2D eigenvalue weighted by Crippen LogP contribution is -2.54. The van der Waals surface area contributed by atoms with Crippen molar-refractivity contribution in [1.29, 1.82) is 0 Å². The summed E-state index contributed by atoms with van der Waals surface area (Å²) in [7, 11) is 0. The first-order chi connectivity index (χ1) is 15.3. The summed E-state index contributed by atoms with van der Waals surface area (Å²) in [5, 5.41) is 10.8. The number of cyclic esters (lactones) is 1. The normalized spacial score (nSPS) is 45.9. The highest BCUT2D eigenvalue weighted by Crippen LogP contribution is 2.71. The van der Waals surface area contributed by atoms with E-state index in [0.717, 1.165) is 31.4 Å². The molecule has 180 valence electrons. The molecule has 0 aromatic heterocycles. The molecule has 7 atom stereocenters. The van der Waals surface area contributed by atoms with Crippen LogP contribution in [0.15, 0.2) is 46.8 Å². The highest BCUT2D eigenvalue weighted by Gasteiger charge is 2.63. The van der Waals surface area contributed by atoms with Gasteiger partial charge in [-0.3, -0.25) is 0 Å². The average Bonchev–Trinajstić information content (AvgIpc) is 3.20. The topological polar surface area (TPSA) is 46.5 Å². The van der Waals surface area contributed by atoms with Crippen molar-refractivity contribution in [3.8, 4) is 0 Å². The third kappa shape index (κ3) is 3.00. The molecule has 1 heterocycles. The van der Waals surface area contributed by atoms with E-state index in [1.807, 2.05) is 13.0 Å². The van der Waals surface area contributed by atoms with Gasteiger partial charge in [-0.05, 0) is 108 Å². The van der Waals surface area contributed by atoms with Gasteiger partial charge in [0.1, 0.15) is 5.76 Å². The van der Waals surface area contributed by atoms with E-state index in [9.17, 15) is 9.90 Å². The van der Waals surface area contributed by atoms with E-state index in [4.69, 9.17) is 4.74 Å². The van der Waals surface area contributed by atoms with Gasteiger partial charge in [0.15, 0.2) is 0 Å². The molecule has 5 aliphatic rings. The van der Waals surface area contributed by atoms with Crippen molar-refractivity contribution in [2.45, 2.75) is 93.1 Å². The van der Waals surface area contributed by atoms with E-state index in [1.54, 1.807) is 11.1 Å². The zero-order valence-corrected chi connectivity index (χ0v) is 21.6. The number of aliphatic hydroxyl groups excluding tert-OH is 1. The molecule has 0 radical (unpaired) electrons. The molecule has 0 amide bonds. The van der Waals surface area contributed by atoms with E-state index in [0.29, 0.717) is 23.3 Å². The zero-order chi connectivity index (χ0) is 24.0. The van der Waals surface area contributed by atoms with Crippen LogP contribution in [-0.4, -0.2) is 17.2 Å². The molecule has 1 N–H and O–H groups in total. The SMILES string of the molecule is CC1=CC(=CC(C)C2CCC3(C)C4=CCC5C(C)(CCC(O)C5(C)C)C4=CCC23C)OC1=O. The maximum atomic E-state index is 11.8. The minimum Gasteiger partial charge on any atom is -0.423 e. The molecule has 4 aliphatic carbocycles. The first kappa shape index (κ1) is 23.1. The van der Waals surface area contributed by atoms with Gasteiger partial charge in [-0.15, -0.1) is 0 Å². The van der Waals surface area contributed by atoms with Crippen molar-refractivity contribution in [1.82, 2.24) is 0 Å². The molecular weight excluding hydrogens is 408 g/mol. The second-order valence-corrected chi connectivity index (χ2v) is 13.1. The zero-order valence-electron chi connectivity index (χ0n) is 21.6. The fourth-order valence-electron chi connectivity index (χ4n) is 8.82. The molecule has 0 aromatic carbocycles. The number of fused-ring (bicyclic) bond motifs is 5. The van der Waals surface area contributed by atoms with E-state index >= 15 is 0 Å². The van der Waals surface area contributed by atoms with Gasteiger partial charge < -0.3 is 9.84 Å². The maximum Gasteiger partial charge on any atom is 0.339 e. The van der Waals surface area contributed by atoms with Crippen LogP contribution < -0.4 is 0 Å². The van der Waals surface area contributed by atoms with Gasteiger partial charge in [-0.25, -0.2) is 4.79 Å². The van der Waals surface area contributed by atoms with Gasteiger partial charge in [0.25, 0.3) is 0 Å². The first-order valence-corrected chi connectivity index (χ1v) is 13.1. The molecule has 1 aliphatic heterocycles. The number of hydrogen-bond donors (Lipinski definition) is 1. The highest BCUT2D eigenvalue weighted by atomic mass is 16.5. The Bertz CT molecular complexity index is 1010. The van der Waals surface area contributed by atoms with Crippen molar-refractivity contribution in [2.24, 2.45) is 39.4 Å². The molecule has 7 unspecified atom stereocenters. The van der Waals surface area contributed by atoms with Gasteiger partial charge in [0.2, 0.25) is 0 Å². The van der Waals surface area contributed by atoms with E-state index in [-0.39, 0.29) is 33.7 Å². The molecule has 2 fully saturated rings. The molecule has 5 rings (SSSR count). The Morgan fingerprint density at radius 2 is 1.82 bits per heavy atom. The fraction of sp³-hybridized carbons (Fsp3) is 0.700. The van der Waals surface area contributed by atoms with Crippen LogP contribution in [-0.2, 0) is 9.53 Å². The van der Waals surface area contributed by atoms with Crippen LogP contribution in [0.2, 0.25) is 0 Å². The number of allylic oxidation sites excluding steroid dienone is 6. The van der Waals surface area contributed by atoms with Crippen LogP contribution in [0.4, 0.5) is 0 Å². The summed E-state index contributed by atoms with van der Waals surface area (Å²) >= 11 is 0. The largest absolute Gasteiger partial charge is 0.423 e. The highest BCUT2D eigenvalue weighted by molar-refractivity contribution is 5.92. The average molecular weight is 451 g/mol. The third-order valence-electron chi connectivity index (χ3n) is 11.2. The van der Waals surface area contributed by atoms with Crippen LogP contribution in [0.25, 0.3) is 0 Å². The number of carbonyl (C=O) groups is 1. The predicted octanol–water partition coefficient (Wildman–Crippen LogP) is 6.90. The number of hydrogen-bond acceptors (Lipinski definition) is 3. The van der Waals surface area contributed by atoms with Crippen molar-refractivity contribution >= 4 is 5.97 Å². The van der Waals surface area contributed by atoms with Crippen LogP contribution in [0.1, 0.15) is 87.0 Å². The Balaban J connectivity index is 1.49. The maximum absolute atomic E-state index is 11.8.